The molecule has 0 unspecified atom stereocenters. The van der Waals surface area contributed by atoms with Gasteiger partial charge in [-0.1, -0.05) is 56.3 Å². The third kappa shape index (κ3) is 10.5. The fourth-order valence-corrected chi connectivity index (χ4v) is 2.66. The maximum atomic E-state index is 9.22. The molecule has 0 bridgehead atoms. The van der Waals surface area contributed by atoms with Crippen molar-refractivity contribution in [3.63, 3.8) is 0 Å². The molecule has 30 heavy (non-hydrogen) atoms. The number of hydrogen-bond donors (Lipinski definition) is 1. The first-order chi connectivity index (χ1) is 14.3. The molecule has 1 N–H and O–H groups in total. The zero-order valence-electron chi connectivity index (χ0n) is 18.2. The molecule has 0 aliphatic rings. The molecule has 0 aliphatic heterocycles. The van der Waals surface area contributed by atoms with Gasteiger partial charge in [0.2, 0.25) is 10.4 Å². The van der Waals surface area contributed by atoms with Crippen LogP contribution in [0.2, 0.25) is 0 Å². The van der Waals surface area contributed by atoms with Crippen LogP contribution in [-0.4, -0.2) is 31.2 Å². The average molecular weight is 440 g/mol. The molecule has 2 aromatic rings. The summed E-state index contributed by atoms with van der Waals surface area (Å²) in [4.78, 5) is 0. The van der Waals surface area contributed by atoms with E-state index in [1.807, 2.05) is 53.8 Å². The molecule has 2 rings (SSSR count). The van der Waals surface area contributed by atoms with Crippen LogP contribution in [0.25, 0.3) is 0 Å². The average Bonchev–Trinajstić information content (AvgIpc) is 3.04. The maximum Gasteiger partial charge on any atom is 0.421 e. The number of aromatic nitrogens is 2. The number of aryl methyl sites for hydroxylation is 2. The van der Waals surface area contributed by atoms with Crippen molar-refractivity contribution in [2.75, 3.05) is 19.0 Å². The van der Waals surface area contributed by atoms with E-state index in [4.69, 9.17) is 0 Å². The lowest BCUT2D eigenvalue weighted by Crippen LogP contribution is -2.25. The highest BCUT2D eigenvalue weighted by Crippen LogP contribution is 2.25. The minimum absolute atomic E-state index is 0.808. The molecule has 1 aromatic carbocycles. The number of rotatable bonds is 11. The van der Waals surface area contributed by atoms with Gasteiger partial charge in [0.25, 0.3) is 0 Å². The van der Waals surface area contributed by atoms with E-state index in [2.05, 4.69) is 32.7 Å². The molecule has 0 spiro atoms. The molecule has 1 aromatic heterocycles. The van der Waals surface area contributed by atoms with Crippen molar-refractivity contribution in [3.05, 3.63) is 36.7 Å². The Morgan fingerprint density at radius 2 is 1.77 bits per heavy atom. The van der Waals surface area contributed by atoms with Gasteiger partial charge < -0.3 is 9.87 Å². The lowest BCUT2D eigenvalue weighted by atomic mass is 10.1. The number of benzene rings is 1. The Morgan fingerprint density at radius 3 is 2.37 bits per heavy atom. The van der Waals surface area contributed by atoms with Gasteiger partial charge in [0.1, 0.15) is 5.69 Å². The summed E-state index contributed by atoms with van der Waals surface area (Å²) in [6.45, 7) is 3.24. The van der Waals surface area contributed by atoms with E-state index in [-0.39, 0.29) is 0 Å². The smallest absolute Gasteiger partial charge is 0.421 e. The van der Waals surface area contributed by atoms with Crippen LogP contribution in [0.3, 0.4) is 0 Å². The van der Waals surface area contributed by atoms with Crippen LogP contribution in [0.4, 0.5) is 17.3 Å². The first-order valence-electron chi connectivity index (χ1n) is 10.1. The second-order valence-corrected chi connectivity index (χ2v) is 7.96. The van der Waals surface area contributed by atoms with Crippen molar-refractivity contribution >= 4 is 27.7 Å². The summed E-state index contributed by atoms with van der Waals surface area (Å²) in [5.74, 6) is 0.820. The predicted octanol–water partition coefficient (Wildman–Crippen LogP) is 4.13. The number of unbranched alkanes of at least 4 members (excludes halogenated alkanes) is 5. The highest BCUT2D eigenvalue weighted by molar-refractivity contribution is 7.80. The van der Waals surface area contributed by atoms with Crippen LogP contribution in [0.1, 0.15) is 45.4 Å². The summed E-state index contributed by atoms with van der Waals surface area (Å²) in [5.41, 5.74) is 1.93. The Labute approximate surface area is 179 Å². The van der Waals surface area contributed by atoms with E-state index >= 15 is 0 Å². The van der Waals surface area contributed by atoms with Gasteiger partial charge in [0.05, 0.1) is 39.3 Å². The van der Waals surface area contributed by atoms with E-state index in [9.17, 15) is 13.0 Å². The second-order valence-electron chi connectivity index (χ2n) is 6.81. The lowest BCUT2D eigenvalue weighted by molar-refractivity contribution is -0.657. The number of azo groups is 1. The molecule has 0 saturated carbocycles. The van der Waals surface area contributed by atoms with Gasteiger partial charge >= 0.3 is 5.95 Å². The van der Waals surface area contributed by atoms with Crippen molar-refractivity contribution in [2.45, 2.75) is 45.4 Å². The molecule has 168 valence electrons. The minimum Gasteiger partial charge on any atom is -0.726 e. The Bertz CT molecular complexity index is 862. The fraction of sp³-hybridized carbons (Fsp3) is 0.550. The van der Waals surface area contributed by atoms with Gasteiger partial charge in [-0.3, -0.25) is 4.18 Å². The summed E-state index contributed by atoms with van der Waals surface area (Å²) in [6, 6.07) is 8.09. The summed E-state index contributed by atoms with van der Waals surface area (Å²) in [6.07, 6.45) is 11.8. The standard InChI is InChI=1S/C19H29N5.CH4O4S/c1-4-5-6-7-8-11-14-20-17-12-9-10-13-18(17)21-22-19-23(2)15-16-24(19)3;1-5-6(2,3)4/h9-10,12-13,15-16H,4-8,11,14H2,1-3H3;1H3,(H,2,3,4). The number of para-hydroxylation sites is 1. The number of anilines is 1. The summed E-state index contributed by atoms with van der Waals surface area (Å²) < 4.78 is 34.9. The largest absolute Gasteiger partial charge is 0.726 e. The highest BCUT2D eigenvalue weighted by Gasteiger charge is 2.11. The fourth-order valence-electron chi connectivity index (χ4n) is 2.66. The Balaban J connectivity index is 0.000000656. The third-order valence-corrected chi connectivity index (χ3v) is 4.75. The normalized spacial score (nSPS) is 11.4. The first-order valence-corrected chi connectivity index (χ1v) is 11.4. The van der Waals surface area contributed by atoms with Crippen LogP contribution >= 0.6 is 0 Å². The maximum absolute atomic E-state index is 9.22. The first kappa shape index (κ1) is 25.7. The minimum atomic E-state index is -4.41. The Hall–Kier alpha value is -2.30. The highest BCUT2D eigenvalue weighted by atomic mass is 32.3. The van der Waals surface area contributed by atoms with Gasteiger partial charge in [-0.05, 0) is 18.6 Å². The molecule has 0 atom stereocenters. The lowest BCUT2D eigenvalue weighted by Gasteiger charge is -2.07. The molecule has 0 radical (unpaired) electrons. The van der Waals surface area contributed by atoms with Gasteiger partial charge in [0, 0.05) is 11.7 Å². The van der Waals surface area contributed by atoms with Gasteiger partial charge in [0.15, 0.2) is 0 Å². The van der Waals surface area contributed by atoms with Crippen molar-refractivity contribution < 1.29 is 21.7 Å². The van der Waals surface area contributed by atoms with Crippen LogP contribution in [0.15, 0.2) is 46.9 Å². The molecule has 1 heterocycles. The molecule has 0 fully saturated rings. The quantitative estimate of drug-likeness (QED) is 0.186. The molecular formula is C20H33N5O4S. The van der Waals surface area contributed by atoms with Crippen LogP contribution in [0.5, 0.6) is 0 Å². The molecule has 0 amide bonds. The molecule has 0 saturated heterocycles. The summed E-state index contributed by atoms with van der Waals surface area (Å²) >= 11 is 0. The van der Waals surface area contributed by atoms with Crippen molar-refractivity contribution in [3.8, 4) is 0 Å². The van der Waals surface area contributed by atoms with Gasteiger partial charge in [-0.15, -0.1) is 0 Å². The van der Waals surface area contributed by atoms with Crippen LogP contribution < -0.4 is 9.88 Å². The van der Waals surface area contributed by atoms with E-state index in [0.29, 0.717) is 0 Å². The SMILES string of the molecule is CCCCCCCCNc1ccccc1N=Nc1n(C)cc[n+]1C.COS(=O)(=O)[O-]. The molecule has 10 heteroatoms. The Morgan fingerprint density at radius 1 is 1.13 bits per heavy atom. The predicted molar refractivity (Wildman–Crippen MR) is 116 cm³/mol. The van der Waals surface area contributed by atoms with Crippen LogP contribution in [0, 0.1) is 0 Å². The van der Waals surface area contributed by atoms with E-state index in [0.717, 1.165) is 31.0 Å². The molecular weight excluding hydrogens is 406 g/mol. The monoisotopic (exact) mass is 439 g/mol. The van der Waals surface area contributed by atoms with Gasteiger partial charge in [-0.25, -0.2) is 17.6 Å². The summed E-state index contributed by atoms with van der Waals surface area (Å²) in [7, 11) is 0.334. The zero-order chi connectivity index (χ0) is 22.4. The number of nitrogens with zero attached hydrogens (tertiary/aromatic N) is 4. The van der Waals surface area contributed by atoms with Gasteiger partial charge in [-0.2, -0.15) is 0 Å². The number of hydrogen-bond acceptors (Lipinski definition) is 7. The molecule has 0 aliphatic carbocycles. The third-order valence-electron chi connectivity index (χ3n) is 4.35. The Kier molecular flexibility index (Phi) is 11.9. The summed E-state index contributed by atoms with van der Waals surface area (Å²) in [5, 5.41) is 12.3. The topological polar surface area (TPSA) is 112 Å². The zero-order valence-corrected chi connectivity index (χ0v) is 19.1. The van der Waals surface area contributed by atoms with Crippen molar-refractivity contribution in [1.82, 2.24) is 4.57 Å². The second kappa shape index (κ2) is 13.8. The number of nitrogens with one attached hydrogen (secondary N) is 1. The van der Waals surface area contributed by atoms with E-state index in [1.165, 1.54) is 38.5 Å². The van der Waals surface area contributed by atoms with Crippen molar-refractivity contribution in [1.29, 1.82) is 0 Å². The van der Waals surface area contributed by atoms with Crippen LogP contribution in [-0.2, 0) is 28.7 Å². The van der Waals surface area contributed by atoms with E-state index < -0.39 is 10.4 Å². The molecule has 9 nitrogen and oxygen atoms in total. The van der Waals surface area contributed by atoms with Crippen molar-refractivity contribution in [2.24, 2.45) is 24.3 Å². The number of imidazole rings is 1. The van der Waals surface area contributed by atoms with E-state index in [1.54, 1.807) is 0 Å².